The molecular weight excluding hydrogens is 213 g/mol. The van der Waals surface area contributed by atoms with Gasteiger partial charge in [0.05, 0.1) is 6.04 Å². The maximum atomic E-state index is 6.21. The summed E-state index contributed by atoms with van der Waals surface area (Å²) in [5.41, 5.74) is 9.77. The molecule has 2 atom stereocenters. The van der Waals surface area contributed by atoms with Crippen LogP contribution in [0.25, 0.3) is 0 Å². The second-order valence-corrected chi connectivity index (χ2v) is 4.72. The summed E-state index contributed by atoms with van der Waals surface area (Å²) in [6, 6.07) is 16.6. The molecule has 2 aromatic carbocycles. The molecule has 82 valence electrons. The first-order valence-electron chi connectivity index (χ1n) is 5.34. The maximum Gasteiger partial charge on any atom is 0.0551 e. The Bertz CT molecular complexity index is 414. The van der Waals surface area contributed by atoms with Gasteiger partial charge in [-0.1, -0.05) is 54.1 Å². The Balaban J connectivity index is 2.28. The number of benzene rings is 2. The SMILES string of the molecule is Cc1ccc(C(N)c2ccc(P)cc2)cc1. The van der Waals surface area contributed by atoms with Crippen LogP contribution in [0.3, 0.4) is 0 Å². The van der Waals surface area contributed by atoms with Gasteiger partial charge in [-0.15, -0.1) is 9.24 Å². The van der Waals surface area contributed by atoms with E-state index in [0.717, 1.165) is 11.1 Å². The standard InChI is InChI=1S/C14H16NP/c1-10-2-4-11(5-3-10)14(15)12-6-8-13(16)9-7-12/h2-9,14H,15-16H2,1H3. The van der Waals surface area contributed by atoms with Crippen molar-refractivity contribution in [2.24, 2.45) is 5.73 Å². The van der Waals surface area contributed by atoms with E-state index in [4.69, 9.17) is 5.73 Å². The summed E-state index contributed by atoms with van der Waals surface area (Å²) in [6.45, 7) is 2.08. The van der Waals surface area contributed by atoms with Crippen LogP contribution in [-0.2, 0) is 0 Å². The summed E-state index contributed by atoms with van der Waals surface area (Å²) >= 11 is 0. The van der Waals surface area contributed by atoms with Gasteiger partial charge >= 0.3 is 0 Å². The smallest absolute Gasteiger partial charge is 0.0551 e. The molecule has 0 amide bonds. The van der Waals surface area contributed by atoms with Gasteiger partial charge in [-0.3, -0.25) is 0 Å². The highest BCUT2D eigenvalue weighted by Crippen LogP contribution is 2.19. The maximum absolute atomic E-state index is 6.21. The Morgan fingerprint density at radius 2 is 1.31 bits per heavy atom. The highest BCUT2D eigenvalue weighted by Gasteiger charge is 2.07. The number of hydrogen-bond donors (Lipinski definition) is 1. The van der Waals surface area contributed by atoms with Crippen molar-refractivity contribution in [1.29, 1.82) is 0 Å². The molecule has 2 N–H and O–H groups in total. The van der Waals surface area contributed by atoms with Crippen molar-refractivity contribution >= 4 is 14.5 Å². The van der Waals surface area contributed by atoms with E-state index >= 15 is 0 Å². The first kappa shape index (κ1) is 11.3. The molecule has 0 spiro atoms. The van der Waals surface area contributed by atoms with E-state index in [-0.39, 0.29) is 6.04 Å². The van der Waals surface area contributed by atoms with Crippen molar-refractivity contribution in [3.63, 3.8) is 0 Å². The fraction of sp³-hybridized carbons (Fsp3) is 0.143. The highest BCUT2D eigenvalue weighted by molar-refractivity contribution is 7.27. The van der Waals surface area contributed by atoms with Gasteiger partial charge in [-0.25, -0.2) is 0 Å². The summed E-state index contributed by atoms with van der Waals surface area (Å²) in [4.78, 5) is 0. The largest absolute Gasteiger partial charge is 0.320 e. The normalized spacial score (nSPS) is 12.4. The molecule has 0 fully saturated rings. The average molecular weight is 229 g/mol. The van der Waals surface area contributed by atoms with Gasteiger partial charge in [0.1, 0.15) is 0 Å². The summed E-state index contributed by atoms with van der Waals surface area (Å²) < 4.78 is 0. The van der Waals surface area contributed by atoms with E-state index in [9.17, 15) is 0 Å². The lowest BCUT2D eigenvalue weighted by atomic mass is 9.99. The molecule has 0 bridgehead atoms. The average Bonchev–Trinajstić information content (AvgIpc) is 2.30. The second kappa shape index (κ2) is 4.78. The summed E-state index contributed by atoms with van der Waals surface area (Å²) in [5.74, 6) is 0. The van der Waals surface area contributed by atoms with Crippen LogP contribution in [0.1, 0.15) is 22.7 Å². The predicted molar refractivity (Wildman–Crippen MR) is 73.0 cm³/mol. The van der Waals surface area contributed by atoms with E-state index in [2.05, 4.69) is 64.7 Å². The highest BCUT2D eigenvalue weighted by atomic mass is 31.0. The number of aryl methyl sites for hydroxylation is 1. The molecule has 2 rings (SSSR count). The molecule has 0 aromatic heterocycles. The minimum atomic E-state index is -0.0359. The molecule has 0 radical (unpaired) electrons. The molecule has 0 saturated carbocycles. The fourth-order valence-corrected chi connectivity index (χ4v) is 1.86. The molecule has 2 aromatic rings. The van der Waals surface area contributed by atoms with Crippen LogP contribution in [0.4, 0.5) is 0 Å². The minimum absolute atomic E-state index is 0.0359. The Morgan fingerprint density at radius 3 is 1.81 bits per heavy atom. The summed E-state index contributed by atoms with van der Waals surface area (Å²) in [5, 5.41) is 1.18. The van der Waals surface area contributed by atoms with E-state index in [1.807, 2.05) is 0 Å². The van der Waals surface area contributed by atoms with Crippen LogP contribution in [-0.4, -0.2) is 0 Å². The zero-order valence-electron chi connectivity index (χ0n) is 9.35. The lowest BCUT2D eigenvalue weighted by Crippen LogP contribution is -2.12. The topological polar surface area (TPSA) is 26.0 Å². The molecule has 2 unspecified atom stereocenters. The van der Waals surface area contributed by atoms with Crippen LogP contribution in [0.5, 0.6) is 0 Å². The van der Waals surface area contributed by atoms with E-state index in [1.54, 1.807) is 0 Å². The molecule has 2 heteroatoms. The van der Waals surface area contributed by atoms with E-state index in [1.165, 1.54) is 10.9 Å². The number of hydrogen-bond acceptors (Lipinski definition) is 1. The van der Waals surface area contributed by atoms with Crippen molar-refractivity contribution in [1.82, 2.24) is 0 Å². The quantitative estimate of drug-likeness (QED) is 0.787. The van der Waals surface area contributed by atoms with Crippen molar-refractivity contribution in [3.05, 3.63) is 65.2 Å². The molecule has 16 heavy (non-hydrogen) atoms. The minimum Gasteiger partial charge on any atom is -0.320 e. The third-order valence-electron chi connectivity index (χ3n) is 2.73. The number of nitrogens with two attached hydrogens (primary N) is 1. The number of rotatable bonds is 2. The van der Waals surface area contributed by atoms with Gasteiger partial charge in [0.2, 0.25) is 0 Å². The van der Waals surface area contributed by atoms with Gasteiger partial charge in [-0.2, -0.15) is 0 Å². The van der Waals surface area contributed by atoms with Crippen LogP contribution >= 0.6 is 9.24 Å². The molecule has 0 aliphatic rings. The van der Waals surface area contributed by atoms with Crippen molar-refractivity contribution < 1.29 is 0 Å². The Hall–Kier alpha value is -1.17. The van der Waals surface area contributed by atoms with Crippen molar-refractivity contribution in [2.75, 3.05) is 0 Å². The van der Waals surface area contributed by atoms with E-state index < -0.39 is 0 Å². The monoisotopic (exact) mass is 229 g/mol. The van der Waals surface area contributed by atoms with Gasteiger partial charge in [0.25, 0.3) is 0 Å². The van der Waals surface area contributed by atoms with Gasteiger partial charge in [-0.05, 0) is 23.4 Å². The van der Waals surface area contributed by atoms with Gasteiger partial charge in [0, 0.05) is 0 Å². The zero-order valence-corrected chi connectivity index (χ0v) is 10.5. The first-order chi connectivity index (χ1) is 7.66. The third-order valence-corrected chi connectivity index (χ3v) is 3.12. The molecule has 0 saturated heterocycles. The Morgan fingerprint density at radius 1 is 0.875 bits per heavy atom. The summed E-state index contributed by atoms with van der Waals surface area (Å²) in [7, 11) is 2.68. The van der Waals surface area contributed by atoms with Crippen molar-refractivity contribution in [3.8, 4) is 0 Å². The lowest BCUT2D eigenvalue weighted by molar-refractivity contribution is 0.871. The van der Waals surface area contributed by atoms with E-state index in [0.29, 0.717) is 0 Å². The second-order valence-electron chi connectivity index (χ2n) is 4.06. The van der Waals surface area contributed by atoms with Crippen LogP contribution < -0.4 is 11.0 Å². The van der Waals surface area contributed by atoms with Gasteiger partial charge in [0.15, 0.2) is 0 Å². The van der Waals surface area contributed by atoms with Crippen LogP contribution in [0, 0.1) is 6.92 Å². The molecular formula is C14H16NP. The van der Waals surface area contributed by atoms with Crippen molar-refractivity contribution in [2.45, 2.75) is 13.0 Å². The first-order valence-corrected chi connectivity index (χ1v) is 5.92. The van der Waals surface area contributed by atoms with Crippen LogP contribution in [0.2, 0.25) is 0 Å². The predicted octanol–water partition coefficient (Wildman–Crippen LogP) is 2.54. The summed E-state index contributed by atoms with van der Waals surface area (Å²) in [6.07, 6.45) is 0. The molecule has 0 aliphatic heterocycles. The fourth-order valence-electron chi connectivity index (χ4n) is 1.67. The van der Waals surface area contributed by atoms with Crippen LogP contribution in [0.15, 0.2) is 48.5 Å². The molecule has 1 nitrogen and oxygen atoms in total. The Labute approximate surface area is 98.9 Å². The lowest BCUT2D eigenvalue weighted by Gasteiger charge is -2.13. The zero-order chi connectivity index (χ0) is 11.5. The Kier molecular flexibility index (Phi) is 3.38. The molecule has 0 aliphatic carbocycles. The molecule has 0 heterocycles. The third kappa shape index (κ3) is 2.49. The van der Waals surface area contributed by atoms with Gasteiger partial charge < -0.3 is 5.73 Å².